The van der Waals surface area contributed by atoms with Gasteiger partial charge in [-0.1, -0.05) is 19.7 Å². The van der Waals surface area contributed by atoms with Crippen molar-refractivity contribution in [2.75, 3.05) is 13.2 Å². The van der Waals surface area contributed by atoms with Crippen molar-refractivity contribution >= 4 is 7.85 Å². The second-order valence-corrected chi connectivity index (χ2v) is 1.97. The molecule has 0 aliphatic carbocycles. The van der Waals surface area contributed by atoms with Crippen LogP contribution < -0.4 is 0 Å². The average molecular weight is 114 g/mol. The highest BCUT2D eigenvalue weighted by Gasteiger charge is 1.81. The molecule has 0 fully saturated rings. The number of hydrogen-bond donors (Lipinski definition) is 0. The Bertz CT molecular complexity index is 33.5. The second-order valence-electron chi connectivity index (χ2n) is 1.97. The van der Waals surface area contributed by atoms with Crippen molar-refractivity contribution in [3.8, 4) is 0 Å². The van der Waals surface area contributed by atoms with Crippen molar-refractivity contribution in [3.05, 3.63) is 0 Å². The van der Waals surface area contributed by atoms with Crippen LogP contribution in [0, 0.1) is 0 Å². The molecule has 0 atom stereocenters. The largest absolute Gasteiger partial charge is 0.382 e. The molecular formula is C6H15BO. The fraction of sp³-hybridized carbons (Fsp3) is 1.00. The molecule has 0 aromatic heterocycles. The van der Waals surface area contributed by atoms with Crippen LogP contribution in [-0.4, -0.2) is 21.1 Å². The van der Waals surface area contributed by atoms with E-state index < -0.39 is 0 Å². The number of rotatable bonds is 5. The number of unbranched alkanes of at least 4 members (excludes halogenated alkanes) is 1. The third kappa shape index (κ3) is 6.02. The predicted molar refractivity (Wildman–Crippen MR) is 39.1 cm³/mol. The lowest BCUT2D eigenvalue weighted by Crippen LogP contribution is -1.94. The maximum absolute atomic E-state index is 5.22. The molecule has 0 aromatic carbocycles. The van der Waals surface area contributed by atoms with E-state index >= 15 is 0 Å². The Morgan fingerprint density at radius 1 is 1.38 bits per heavy atom. The van der Waals surface area contributed by atoms with Crippen LogP contribution in [0.3, 0.4) is 0 Å². The average Bonchev–Trinajstić information content (AvgIpc) is 1.81. The minimum absolute atomic E-state index is 0.931. The van der Waals surface area contributed by atoms with Crippen molar-refractivity contribution in [2.24, 2.45) is 0 Å². The molecule has 0 heterocycles. The standard InChI is InChI=1S/C6H15BO/c1-2-3-5-8-6-4-7/h2-7H2,1H3. The Balaban J connectivity index is 2.53. The summed E-state index contributed by atoms with van der Waals surface area (Å²) in [4.78, 5) is 0. The topological polar surface area (TPSA) is 9.23 Å². The van der Waals surface area contributed by atoms with Gasteiger partial charge >= 0.3 is 0 Å². The summed E-state index contributed by atoms with van der Waals surface area (Å²) >= 11 is 0. The molecule has 0 spiro atoms. The first-order chi connectivity index (χ1) is 3.91. The molecule has 2 heteroatoms. The van der Waals surface area contributed by atoms with E-state index in [0.29, 0.717) is 0 Å². The van der Waals surface area contributed by atoms with Gasteiger partial charge in [0.2, 0.25) is 0 Å². The smallest absolute Gasteiger partial charge is 0.104 e. The van der Waals surface area contributed by atoms with Crippen LogP contribution in [0.15, 0.2) is 0 Å². The minimum Gasteiger partial charge on any atom is -0.382 e. The summed E-state index contributed by atoms with van der Waals surface area (Å²) in [6.07, 6.45) is 3.59. The van der Waals surface area contributed by atoms with E-state index in [-0.39, 0.29) is 0 Å². The van der Waals surface area contributed by atoms with Gasteiger partial charge in [0, 0.05) is 13.2 Å². The van der Waals surface area contributed by atoms with E-state index in [2.05, 4.69) is 14.8 Å². The lowest BCUT2D eigenvalue weighted by Gasteiger charge is -1.97. The van der Waals surface area contributed by atoms with Gasteiger partial charge in [-0.3, -0.25) is 0 Å². The minimum atomic E-state index is 0.931. The Morgan fingerprint density at radius 2 is 2.12 bits per heavy atom. The Hall–Kier alpha value is 0.0249. The van der Waals surface area contributed by atoms with Crippen LogP contribution in [0.4, 0.5) is 0 Å². The molecule has 0 radical (unpaired) electrons. The molecule has 0 rings (SSSR count). The lowest BCUT2D eigenvalue weighted by molar-refractivity contribution is 0.145. The van der Waals surface area contributed by atoms with Crippen LogP contribution >= 0.6 is 0 Å². The van der Waals surface area contributed by atoms with Gasteiger partial charge in [0.25, 0.3) is 0 Å². The third-order valence-corrected chi connectivity index (χ3v) is 0.991. The molecule has 48 valence electrons. The highest BCUT2D eigenvalue weighted by atomic mass is 16.5. The normalized spacial score (nSPS) is 9.62. The quantitative estimate of drug-likeness (QED) is 0.380. The number of hydrogen-bond acceptors (Lipinski definition) is 1. The van der Waals surface area contributed by atoms with E-state index in [1.165, 1.54) is 12.8 Å². The zero-order chi connectivity index (χ0) is 6.24. The first kappa shape index (κ1) is 8.02. The summed E-state index contributed by atoms with van der Waals surface area (Å²) in [7, 11) is 2.13. The lowest BCUT2D eigenvalue weighted by atomic mass is 10.1. The molecule has 0 aromatic rings. The summed E-state index contributed by atoms with van der Waals surface area (Å²) in [6.45, 7) is 4.06. The molecule has 8 heavy (non-hydrogen) atoms. The highest BCUT2D eigenvalue weighted by Crippen LogP contribution is 1.87. The van der Waals surface area contributed by atoms with Crippen LogP contribution in [-0.2, 0) is 4.74 Å². The van der Waals surface area contributed by atoms with Gasteiger partial charge in [-0.2, -0.15) is 0 Å². The molecular weight excluding hydrogens is 98.9 g/mol. The molecule has 0 aliphatic heterocycles. The predicted octanol–water partition coefficient (Wildman–Crippen LogP) is 0.854. The Kier molecular flexibility index (Phi) is 7.05. The van der Waals surface area contributed by atoms with Crippen LogP contribution in [0.1, 0.15) is 19.8 Å². The summed E-state index contributed by atoms with van der Waals surface area (Å²) in [5.74, 6) is 0. The maximum Gasteiger partial charge on any atom is 0.104 e. The summed E-state index contributed by atoms with van der Waals surface area (Å²) in [5.41, 5.74) is 0. The second kappa shape index (κ2) is 7.02. The van der Waals surface area contributed by atoms with Gasteiger partial charge in [0.1, 0.15) is 7.85 Å². The maximum atomic E-state index is 5.22. The van der Waals surface area contributed by atoms with Crippen molar-refractivity contribution in [1.29, 1.82) is 0 Å². The fourth-order valence-corrected chi connectivity index (χ4v) is 0.493. The molecule has 0 aliphatic rings. The summed E-state index contributed by atoms with van der Waals surface area (Å²) in [5, 5.41) is 0. The van der Waals surface area contributed by atoms with Gasteiger partial charge in [-0.15, -0.1) is 0 Å². The summed E-state index contributed by atoms with van der Waals surface area (Å²) in [6, 6.07) is 0. The van der Waals surface area contributed by atoms with Gasteiger partial charge in [-0.05, 0) is 6.42 Å². The number of ether oxygens (including phenoxy) is 1. The van der Waals surface area contributed by atoms with Crippen molar-refractivity contribution in [3.63, 3.8) is 0 Å². The third-order valence-electron chi connectivity index (χ3n) is 0.991. The molecule has 0 saturated carbocycles. The monoisotopic (exact) mass is 114 g/mol. The van der Waals surface area contributed by atoms with Crippen LogP contribution in [0.2, 0.25) is 6.32 Å². The zero-order valence-electron chi connectivity index (χ0n) is 5.94. The molecule has 0 bridgehead atoms. The first-order valence-corrected chi connectivity index (χ1v) is 3.49. The molecule has 0 unspecified atom stereocenters. The van der Waals surface area contributed by atoms with E-state index in [1.54, 1.807) is 0 Å². The van der Waals surface area contributed by atoms with Crippen molar-refractivity contribution in [1.82, 2.24) is 0 Å². The first-order valence-electron chi connectivity index (χ1n) is 3.49. The van der Waals surface area contributed by atoms with E-state index in [9.17, 15) is 0 Å². The van der Waals surface area contributed by atoms with Crippen LogP contribution in [0.25, 0.3) is 0 Å². The van der Waals surface area contributed by atoms with E-state index in [1.807, 2.05) is 0 Å². The summed E-state index contributed by atoms with van der Waals surface area (Å²) < 4.78 is 5.22. The zero-order valence-corrected chi connectivity index (χ0v) is 5.94. The SMILES string of the molecule is BCCOCCCC. The van der Waals surface area contributed by atoms with Gasteiger partial charge < -0.3 is 4.74 Å². The van der Waals surface area contributed by atoms with Crippen molar-refractivity contribution in [2.45, 2.75) is 26.1 Å². The van der Waals surface area contributed by atoms with Gasteiger partial charge in [0.05, 0.1) is 0 Å². The fourth-order valence-electron chi connectivity index (χ4n) is 0.493. The van der Waals surface area contributed by atoms with Crippen LogP contribution in [0.5, 0.6) is 0 Å². The molecule has 0 saturated heterocycles. The Labute approximate surface area is 52.8 Å². The Morgan fingerprint density at radius 3 is 2.62 bits per heavy atom. The van der Waals surface area contributed by atoms with E-state index in [0.717, 1.165) is 19.5 Å². The molecule has 0 N–H and O–H groups in total. The van der Waals surface area contributed by atoms with Gasteiger partial charge in [-0.25, -0.2) is 0 Å². The molecule has 0 amide bonds. The highest BCUT2D eigenvalue weighted by molar-refractivity contribution is 6.08. The van der Waals surface area contributed by atoms with E-state index in [4.69, 9.17) is 4.74 Å². The van der Waals surface area contributed by atoms with Crippen molar-refractivity contribution < 1.29 is 4.74 Å². The molecule has 1 nitrogen and oxygen atoms in total. The van der Waals surface area contributed by atoms with Gasteiger partial charge in [0.15, 0.2) is 0 Å².